The lowest BCUT2D eigenvalue weighted by Gasteiger charge is -2.27. The number of aliphatic hydroxyl groups is 4. The summed E-state index contributed by atoms with van der Waals surface area (Å²) in [6, 6.07) is -0.978. The smallest absolute Gasteiger partial charge is 0.249 e. The standard InChI is InChI=1S/C44H89NO5/c1-3-5-7-9-11-13-15-17-18-19-20-21-22-23-24-25-26-28-30-32-34-36-38-42(48)44(50)45-40(39-46)43(49)41(47)37-35-33-31-29-27-16-14-12-10-8-6-4-2/h40-43,46-49H,3-39H2,1-2H3,(H,45,50)/t40-,41-,42-,43+/m1/s1. The van der Waals surface area contributed by atoms with Gasteiger partial charge in [0.25, 0.3) is 0 Å². The molecule has 0 saturated carbocycles. The molecule has 50 heavy (non-hydrogen) atoms. The molecule has 300 valence electrons. The van der Waals surface area contributed by atoms with Crippen molar-refractivity contribution in [1.29, 1.82) is 0 Å². The van der Waals surface area contributed by atoms with E-state index in [1.807, 2.05) is 0 Å². The van der Waals surface area contributed by atoms with Gasteiger partial charge < -0.3 is 25.7 Å². The van der Waals surface area contributed by atoms with Crippen molar-refractivity contribution in [2.24, 2.45) is 0 Å². The van der Waals surface area contributed by atoms with E-state index in [0.29, 0.717) is 12.8 Å². The summed E-state index contributed by atoms with van der Waals surface area (Å²) >= 11 is 0. The van der Waals surface area contributed by atoms with Gasteiger partial charge in [0.05, 0.1) is 18.8 Å². The molecule has 0 heterocycles. The van der Waals surface area contributed by atoms with Crippen molar-refractivity contribution in [2.75, 3.05) is 6.61 Å². The van der Waals surface area contributed by atoms with Gasteiger partial charge in [0.2, 0.25) is 5.91 Å². The number of carbonyl (C=O) groups is 1. The van der Waals surface area contributed by atoms with E-state index in [0.717, 1.165) is 38.5 Å². The first-order chi connectivity index (χ1) is 24.5. The minimum atomic E-state index is -1.25. The van der Waals surface area contributed by atoms with Gasteiger partial charge >= 0.3 is 0 Å². The predicted octanol–water partition coefficient (Wildman–Crippen LogP) is 11.6. The minimum Gasteiger partial charge on any atom is -0.394 e. The Morgan fingerprint density at radius 1 is 0.420 bits per heavy atom. The fourth-order valence-electron chi connectivity index (χ4n) is 7.23. The fourth-order valence-corrected chi connectivity index (χ4v) is 7.23. The number of hydrogen-bond donors (Lipinski definition) is 5. The van der Waals surface area contributed by atoms with E-state index in [1.54, 1.807) is 0 Å². The fraction of sp³-hybridized carbons (Fsp3) is 0.977. The van der Waals surface area contributed by atoms with Gasteiger partial charge in [0.15, 0.2) is 0 Å². The van der Waals surface area contributed by atoms with Crippen molar-refractivity contribution in [3.8, 4) is 0 Å². The summed E-state index contributed by atoms with van der Waals surface area (Å²) in [4.78, 5) is 12.5. The van der Waals surface area contributed by atoms with E-state index < -0.39 is 36.9 Å². The number of rotatable bonds is 41. The molecule has 0 unspecified atom stereocenters. The van der Waals surface area contributed by atoms with E-state index in [2.05, 4.69) is 19.2 Å². The zero-order valence-electron chi connectivity index (χ0n) is 33.7. The lowest BCUT2D eigenvalue weighted by Crippen LogP contribution is -2.53. The van der Waals surface area contributed by atoms with Gasteiger partial charge in [-0.15, -0.1) is 0 Å². The Hall–Kier alpha value is -0.690. The summed E-state index contributed by atoms with van der Waals surface area (Å²) in [6.07, 6.45) is 41.4. The molecule has 0 fully saturated rings. The second-order valence-electron chi connectivity index (χ2n) is 15.8. The predicted molar refractivity (Wildman–Crippen MR) is 215 cm³/mol. The summed E-state index contributed by atoms with van der Waals surface area (Å²) < 4.78 is 0. The van der Waals surface area contributed by atoms with Crippen LogP contribution in [-0.4, -0.2) is 57.3 Å². The van der Waals surface area contributed by atoms with Gasteiger partial charge in [-0.1, -0.05) is 232 Å². The number of carbonyl (C=O) groups excluding carboxylic acids is 1. The van der Waals surface area contributed by atoms with Crippen LogP contribution in [0, 0.1) is 0 Å². The van der Waals surface area contributed by atoms with Crippen LogP contribution in [0.5, 0.6) is 0 Å². The van der Waals surface area contributed by atoms with Crippen LogP contribution in [0.25, 0.3) is 0 Å². The van der Waals surface area contributed by atoms with Crippen LogP contribution < -0.4 is 5.32 Å². The third-order valence-corrected chi connectivity index (χ3v) is 10.8. The van der Waals surface area contributed by atoms with Crippen LogP contribution in [0.4, 0.5) is 0 Å². The minimum absolute atomic E-state index is 0.376. The molecule has 0 radical (unpaired) electrons. The summed E-state index contributed by atoms with van der Waals surface area (Å²) in [6.45, 7) is 4.06. The highest BCUT2D eigenvalue weighted by atomic mass is 16.3. The third kappa shape index (κ3) is 33.2. The summed E-state index contributed by atoms with van der Waals surface area (Å²) in [5.41, 5.74) is 0. The lowest BCUT2D eigenvalue weighted by atomic mass is 9.99. The van der Waals surface area contributed by atoms with Gasteiger partial charge in [-0.25, -0.2) is 0 Å². The Morgan fingerprint density at radius 3 is 0.960 bits per heavy atom. The van der Waals surface area contributed by atoms with Crippen molar-refractivity contribution < 1.29 is 25.2 Å². The van der Waals surface area contributed by atoms with Gasteiger partial charge in [0, 0.05) is 0 Å². The van der Waals surface area contributed by atoms with Crippen molar-refractivity contribution in [1.82, 2.24) is 5.32 Å². The van der Waals surface area contributed by atoms with Crippen LogP contribution >= 0.6 is 0 Å². The highest BCUT2D eigenvalue weighted by Crippen LogP contribution is 2.17. The normalized spacial score (nSPS) is 14.1. The molecule has 0 spiro atoms. The average Bonchev–Trinajstić information content (AvgIpc) is 3.12. The first kappa shape index (κ1) is 49.3. The number of unbranched alkanes of at least 4 members (excludes halogenated alkanes) is 32. The van der Waals surface area contributed by atoms with Crippen molar-refractivity contribution in [3.63, 3.8) is 0 Å². The number of amides is 1. The van der Waals surface area contributed by atoms with E-state index in [9.17, 15) is 25.2 Å². The SMILES string of the molecule is CCCCCCCCCCCCCCCCCCCCCCCC[C@@H](O)C(=O)N[C@H](CO)[C@H](O)[C@H](O)CCCCCCCCCCCCCC. The molecule has 0 aromatic carbocycles. The molecule has 6 heteroatoms. The molecule has 0 aliphatic carbocycles. The van der Waals surface area contributed by atoms with E-state index in [-0.39, 0.29) is 0 Å². The second-order valence-corrected chi connectivity index (χ2v) is 15.8. The maximum atomic E-state index is 12.5. The zero-order chi connectivity index (χ0) is 36.8. The highest BCUT2D eigenvalue weighted by Gasteiger charge is 2.28. The molecule has 4 atom stereocenters. The molecule has 0 aliphatic rings. The quantitative estimate of drug-likeness (QED) is 0.0406. The maximum absolute atomic E-state index is 12.5. The average molecular weight is 712 g/mol. The van der Waals surface area contributed by atoms with Crippen LogP contribution in [0.15, 0.2) is 0 Å². The van der Waals surface area contributed by atoms with Gasteiger partial charge in [0.1, 0.15) is 12.2 Å². The maximum Gasteiger partial charge on any atom is 0.249 e. The third-order valence-electron chi connectivity index (χ3n) is 10.8. The summed E-state index contributed by atoms with van der Waals surface area (Å²) in [7, 11) is 0. The largest absolute Gasteiger partial charge is 0.394 e. The van der Waals surface area contributed by atoms with Gasteiger partial charge in [-0.05, 0) is 12.8 Å². The van der Waals surface area contributed by atoms with E-state index in [4.69, 9.17) is 0 Å². The molecular weight excluding hydrogens is 622 g/mol. The number of nitrogens with one attached hydrogen (secondary N) is 1. The Labute approximate surface area is 311 Å². The topological polar surface area (TPSA) is 110 Å². The summed E-state index contributed by atoms with van der Waals surface area (Å²) in [5, 5.41) is 43.6. The van der Waals surface area contributed by atoms with Gasteiger partial charge in [-0.2, -0.15) is 0 Å². The number of hydrogen-bond acceptors (Lipinski definition) is 5. The lowest BCUT2D eigenvalue weighted by molar-refractivity contribution is -0.132. The van der Waals surface area contributed by atoms with Crippen LogP contribution in [0.2, 0.25) is 0 Å². The second kappa shape index (κ2) is 39.5. The van der Waals surface area contributed by atoms with Crippen molar-refractivity contribution in [2.45, 2.75) is 269 Å². The van der Waals surface area contributed by atoms with E-state index in [1.165, 1.54) is 180 Å². The Balaban J connectivity index is 3.65. The van der Waals surface area contributed by atoms with Crippen molar-refractivity contribution >= 4 is 5.91 Å². The molecule has 0 bridgehead atoms. The molecule has 1 amide bonds. The molecule has 0 rings (SSSR count). The van der Waals surface area contributed by atoms with Crippen molar-refractivity contribution in [3.05, 3.63) is 0 Å². The first-order valence-electron chi connectivity index (χ1n) is 22.4. The Kier molecular flexibility index (Phi) is 39.0. The highest BCUT2D eigenvalue weighted by molar-refractivity contribution is 5.80. The monoisotopic (exact) mass is 712 g/mol. The zero-order valence-corrected chi connectivity index (χ0v) is 33.7. The van der Waals surface area contributed by atoms with Crippen LogP contribution in [0.1, 0.15) is 245 Å². The molecular formula is C44H89NO5. The molecule has 0 saturated heterocycles. The Morgan fingerprint density at radius 2 is 0.680 bits per heavy atom. The molecule has 0 aromatic rings. The van der Waals surface area contributed by atoms with Gasteiger partial charge in [-0.3, -0.25) is 4.79 Å². The molecule has 6 nitrogen and oxygen atoms in total. The van der Waals surface area contributed by atoms with Crippen LogP contribution in [-0.2, 0) is 4.79 Å². The first-order valence-corrected chi connectivity index (χ1v) is 22.4. The molecule has 0 aromatic heterocycles. The van der Waals surface area contributed by atoms with Crippen LogP contribution in [0.3, 0.4) is 0 Å². The summed E-state index contributed by atoms with van der Waals surface area (Å²) in [5.74, 6) is -0.579. The number of aliphatic hydroxyl groups excluding tert-OH is 4. The Bertz CT molecular complexity index is 677. The molecule has 0 aliphatic heterocycles. The molecule has 5 N–H and O–H groups in total. The van der Waals surface area contributed by atoms with E-state index >= 15 is 0 Å².